The summed E-state index contributed by atoms with van der Waals surface area (Å²) in [6, 6.07) is 56.5. The van der Waals surface area contributed by atoms with Crippen LogP contribution in [0.2, 0.25) is 0 Å². The first-order valence-corrected chi connectivity index (χ1v) is 22.2. The average Bonchev–Trinajstić information content (AvgIpc) is 4.00. The zero-order valence-corrected chi connectivity index (χ0v) is 36.9. The van der Waals surface area contributed by atoms with Gasteiger partial charge in [-0.05, 0) is 104 Å². The first-order valence-electron chi connectivity index (χ1n) is 22.2. The number of benzene rings is 9. The molecule has 10 heteroatoms. The van der Waals surface area contributed by atoms with Crippen LogP contribution in [0, 0.1) is 0 Å². The van der Waals surface area contributed by atoms with E-state index in [1.165, 1.54) is 22.3 Å². The van der Waals surface area contributed by atoms with Crippen molar-refractivity contribution < 1.29 is 4.42 Å². The summed E-state index contributed by atoms with van der Waals surface area (Å²) < 4.78 is 8.63. The molecule has 0 bridgehead atoms. The summed E-state index contributed by atoms with van der Waals surface area (Å²) in [5.74, 6) is 0. The predicted octanol–water partition coefficient (Wildman–Crippen LogP) is 7.35. The topological polar surface area (TPSA) is 21.3 Å². The molecule has 0 saturated carbocycles. The molecule has 0 unspecified atom stereocenters. The first kappa shape index (κ1) is 41.3. The molecule has 67 heavy (non-hydrogen) atoms. The minimum absolute atomic E-state index is 0.169. The number of fused-ring (bicyclic) bond motifs is 9. The van der Waals surface area contributed by atoms with Crippen LogP contribution in [-0.4, -0.2) is 59.5 Å². The number of anilines is 3. The van der Waals surface area contributed by atoms with Gasteiger partial charge < -0.3 is 13.9 Å². The van der Waals surface area contributed by atoms with Crippen LogP contribution in [-0.2, 0) is 5.41 Å². The number of hydrogen-bond donors (Lipinski definition) is 0. The number of furan rings is 1. The highest BCUT2D eigenvalue weighted by atomic mass is 16.3. The van der Waals surface area contributed by atoms with Crippen molar-refractivity contribution in [1.29, 1.82) is 0 Å². The molecular weight excluding hydrogens is 804 g/mol. The van der Waals surface area contributed by atoms with E-state index in [-0.39, 0.29) is 27.3 Å². The van der Waals surface area contributed by atoms with Crippen LogP contribution in [0.15, 0.2) is 168 Å². The van der Waals surface area contributed by atoms with Crippen molar-refractivity contribution >= 4 is 154 Å². The minimum Gasteiger partial charge on any atom is -0.456 e. The molecule has 11 aromatic rings. The molecule has 3 nitrogen and oxygen atoms in total. The van der Waals surface area contributed by atoms with Gasteiger partial charge in [-0.25, -0.2) is 0 Å². The van der Waals surface area contributed by atoms with E-state index in [0.717, 1.165) is 55.8 Å². The third kappa shape index (κ3) is 5.94. The second-order valence-corrected chi connectivity index (χ2v) is 18.0. The highest BCUT2D eigenvalue weighted by Gasteiger charge is 2.39. The van der Waals surface area contributed by atoms with E-state index in [2.05, 4.69) is 128 Å². The second kappa shape index (κ2) is 15.2. The first-order chi connectivity index (χ1) is 32.5. The summed E-state index contributed by atoms with van der Waals surface area (Å²) in [6.07, 6.45) is 0. The zero-order valence-electron chi connectivity index (χ0n) is 36.9. The molecule has 0 saturated heterocycles. The molecule has 0 atom stereocenters. The highest BCUT2D eigenvalue weighted by molar-refractivity contribution is 6.69. The number of aromatic nitrogens is 1. The Bertz CT molecular complexity index is 3860. The van der Waals surface area contributed by atoms with Gasteiger partial charge in [-0.2, -0.15) is 0 Å². The summed E-state index contributed by atoms with van der Waals surface area (Å²) in [5.41, 5.74) is 16.4. The molecule has 1 aliphatic carbocycles. The maximum Gasteiger partial charge on any atom is 0.137 e. The lowest BCUT2D eigenvalue weighted by Gasteiger charge is -2.32. The van der Waals surface area contributed by atoms with Gasteiger partial charge in [0.15, 0.2) is 0 Å². The lowest BCUT2D eigenvalue weighted by atomic mass is 9.64. The summed E-state index contributed by atoms with van der Waals surface area (Å²) in [4.78, 5) is 2.37. The monoisotopic (exact) mass is 838 g/mol. The quantitative estimate of drug-likeness (QED) is 0.164. The molecular formula is C57H33B7N2O. The predicted molar refractivity (Wildman–Crippen MR) is 289 cm³/mol. The van der Waals surface area contributed by atoms with Gasteiger partial charge in [0.05, 0.1) is 16.8 Å². The van der Waals surface area contributed by atoms with Crippen LogP contribution in [0.4, 0.5) is 17.1 Å². The van der Waals surface area contributed by atoms with Gasteiger partial charge in [-0.3, -0.25) is 0 Å². The Morgan fingerprint density at radius 1 is 0.448 bits per heavy atom. The summed E-state index contributed by atoms with van der Waals surface area (Å²) in [7, 11) is 48.3. The van der Waals surface area contributed by atoms with Gasteiger partial charge in [0.2, 0.25) is 0 Å². The molecule has 0 fully saturated rings. The summed E-state index contributed by atoms with van der Waals surface area (Å²) in [6.45, 7) is 4.63. The molecule has 0 N–H and O–H groups in total. The van der Waals surface area contributed by atoms with Crippen molar-refractivity contribution in [3.05, 3.63) is 175 Å². The normalized spacial score (nSPS) is 12.9. The smallest absolute Gasteiger partial charge is 0.137 e. The van der Waals surface area contributed by atoms with Crippen LogP contribution in [0.5, 0.6) is 0 Å². The standard InChI is InChI=1S/C57H33B7N2O/c1-57(2)38-19-10-9-17-35(38)36-18-11-21-40(47(36)57)65(34-26-23-31(24-27-34)30-13-5-3-6-14-30)39-20-12-22-42-44(39)37-29-32(25-28-41(37)67-42)43-48(58)45-46-50(60)51(61)52(62)54(64)56(46)66(33-15-7-4-8-16-33)55(45)53(63)49(43)59/h3-29H,1-2H3. The van der Waals surface area contributed by atoms with E-state index >= 15 is 0 Å². The van der Waals surface area contributed by atoms with Crippen molar-refractivity contribution in [1.82, 2.24) is 4.57 Å². The molecule has 12 rings (SSSR count). The third-order valence-electron chi connectivity index (χ3n) is 14.0. The van der Waals surface area contributed by atoms with E-state index in [0.29, 0.717) is 49.3 Å². The molecule has 0 spiro atoms. The Kier molecular flexibility index (Phi) is 9.36. The maximum atomic E-state index is 7.37. The molecule has 1 aliphatic rings. The molecule has 0 amide bonds. The Morgan fingerprint density at radius 2 is 1.03 bits per heavy atom. The Labute approximate surface area is 399 Å². The van der Waals surface area contributed by atoms with Crippen LogP contribution in [0.1, 0.15) is 25.0 Å². The van der Waals surface area contributed by atoms with Crippen molar-refractivity contribution in [3.8, 4) is 39.1 Å². The second-order valence-electron chi connectivity index (χ2n) is 18.0. The fourth-order valence-corrected chi connectivity index (χ4v) is 10.8. The molecule has 2 heterocycles. The lowest BCUT2D eigenvalue weighted by Crippen LogP contribution is -2.48. The van der Waals surface area contributed by atoms with E-state index in [9.17, 15) is 0 Å². The average molecular weight is 838 g/mol. The fraction of sp³-hybridized carbons (Fsp3) is 0.0526. The molecule has 14 radical (unpaired) electrons. The Balaban J connectivity index is 1.12. The van der Waals surface area contributed by atoms with Gasteiger partial charge in [0, 0.05) is 38.6 Å². The summed E-state index contributed by atoms with van der Waals surface area (Å²) in [5, 5.41) is 2.90. The molecule has 0 aliphatic heterocycles. The number of para-hydroxylation sites is 1. The maximum absolute atomic E-state index is 7.37. The van der Waals surface area contributed by atoms with Crippen LogP contribution in [0.25, 0.3) is 82.8 Å². The van der Waals surface area contributed by atoms with Crippen molar-refractivity contribution in [2.24, 2.45) is 0 Å². The number of nitrogens with zero attached hydrogens (tertiary/aromatic N) is 2. The minimum atomic E-state index is -0.300. The van der Waals surface area contributed by atoms with Gasteiger partial charge in [0.25, 0.3) is 0 Å². The number of rotatable bonds is 6. The van der Waals surface area contributed by atoms with Crippen LogP contribution < -0.4 is 43.1 Å². The van der Waals surface area contributed by atoms with Gasteiger partial charge in [-0.15, -0.1) is 10.9 Å². The third-order valence-corrected chi connectivity index (χ3v) is 14.0. The zero-order chi connectivity index (χ0) is 46.0. The lowest BCUT2D eigenvalue weighted by molar-refractivity contribution is 0.661. The molecule has 298 valence electrons. The summed E-state index contributed by atoms with van der Waals surface area (Å²) >= 11 is 0. The Hall–Kier alpha value is -7.17. The van der Waals surface area contributed by atoms with Crippen LogP contribution in [0.3, 0.4) is 0 Å². The highest BCUT2D eigenvalue weighted by Crippen LogP contribution is 2.55. The van der Waals surface area contributed by atoms with Crippen LogP contribution >= 0.6 is 0 Å². The van der Waals surface area contributed by atoms with Crippen molar-refractivity contribution in [3.63, 3.8) is 0 Å². The SMILES string of the molecule is [B]c1c([B])c([B])c2c(c1[B])c1c([B])c(-c3ccc4oc5cccc(N(c6ccc(-c7ccccc7)cc6)c6cccc7c6C(C)(C)c6ccccc6-7)c5c4c3)c([B])c([B])c1n2-c1ccccc1. The van der Waals surface area contributed by atoms with Gasteiger partial charge in [0.1, 0.15) is 66.1 Å². The van der Waals surface area contributed by atoms with E-state index in [1.807, 2.05) is 59.2 Å². The Morgan fingerprint density at radius 3 is 1.78 bits per heavy atom. The molecule has 2 aromatic heterocycles. The van der Waals surface area contributed by atoms with E-state index in [4.69, 9.17) is 59.3 Å². The molecule has 9 aromatic carbocycles. The van der Waals surface area contributed by atoms with Gasteiger partial charge in [-0.1, -0.05) is 150 Å². The largest absolute Gasteiger partial charge is 0.456 e. The fourth-order valence-electron chi connectivity index (χ4n) is 10.8. The van der Waals surface area contributed by atoms with Crippen molar-refractivity contribution in [2.75, 3.05) is 4.90 Å². The van der Waals surface area contributed by atoms with Gasteiger partial charge >= 0.3 is 0 Å². The van der Waals surface area contributed by atoms with E-state index in [1.54, 1.807) is 0 Å². The number of hydrogen-bond acceptors (Lipinski definition) is 2. The van der Waals surface area contributed by atoms with E-state index < -0.39 is 0 Å². The van der Waals surface area contributed by atoms with Crippen molar-refractivity contribution in [2.45, 2.75) is 19.3 Å².